The van der Waals surface area contributed by atoms with Crippen LogP contribution in [0.5, 0.6) is 0 Å². The third-order valence-electron chi connectivity index (χ3n) is 3.87. The number of halogens is 1. The Kier molecular flexibility index (Phi) is 5.30. The van der Waals surface area contributed by atoms with Crippen LogP contribution in [0.15, 0.2) is 64.8 Å². The molecule has 2 N–H and O–H groups in total. The maximum Gasteiger partial charge on any atom is 0.343 e. The highest BCUT2D eigenvalue weighted by Crippen LogP contribution is 2.30. The summed E-state index contributed by atoms with van der Waals surface area (Å²) >= 11 is 0. The minimum Gasteiger partial charge on any atom is -0.462 e. The molecule has 1 heterocycles. The maximum absolute atomic E-state index is 13.4. The molecule has 2 aromatic carbocycles. The number of para-hydroxylation sites is 2. The van der Waals surface area contributed by atoms with Gasteiger partial charge in [-0.1, -0.05) is 18.2 Å². The van der Waals surface area contributed by atoms with Gasteiger partial charge in [-0.05, 0) is 44.2 Å². The number of carbonyl (C=O) groups excluding carboxylic acids is 2. The third kappa shape index (κ3) is 4.03. The molecule has 0 unspecified atom stereocenters. The van der Waals surface area contributed by atoms with E-state index >= 15 is 0 Å². The smallest absolute Gasteiger partial charge is 0.343 e. The lowest BCUT2D eigenvalue weighted by molar-refractivity contribution is -0.137. The molecular formula is C20H18FN3O3. The van der Waals surface area contributed by atoms with Crippen molar-refractivity contribution in [3.05, 3.63) is 71.2 Å². The maximum atomic E-state index is 13.4. The van der Waals surface area contributed by atoms with Gasteiger partial charge in [-0.2, -0.15) is 0 Å². The lowest BCUT2D eigenvalue weighted by atomic mass is 10.1. The molecule has 0 saturated heterocycles. The van der Waals surface area contributed by atoms with Crippen molar-refractivity contribution in [1.29, 1.82) is 0 Å². The molecule has 0 aromatic heterocycles. The van der Waals surface area contributed by atoms with Crippen LogP contribution in [0.25, 0.3) is 0 Å². The summed E-state index contributed by atoms with van der Waals surface area (Å²) in [7, 11) is 0. The zero-order valence-corrected chi connectivity index (χ0v) is 14.9. The van der Waals surface area contributed by atoms with Crippen molar-refractivity contribution in [2.24, 2.45) is 4.99 Å². The first-order valence-corrected chi connectivity index (χ1v) is 8.39. The van der Waals surface area contributed by atoms with Crippen LogP contribution >= 0.6 is 0 Å². The van der Waals surface area contributed by atoms with E-state index in [2.05, 4.69) is 15.6 Å². The molecule has 27 heavy (non-hydrogen) atoms. The number of benzene rings is 2. The summed E-state index contributed by atoms with van der Waals surface area (Å²) in [6.07, 6.45) is 0. The van der Waals surface area contributed by atoms with Gasteiger partial charge in [0.15, 0.2) is 0 Å². The third-order valence-corrected chi connectivity index (χ3v) is 3.87. The van der Waals surface area contributed by atoms with E-state index in [4.69, 9.17) is 4.74 Å². The second-order valence-corrected chi connectivity index (χ2v) is 5.79. The van der Waals surface area contributed by atoms with Gasteiger partial charge in [0.05, 0.1) is 18.0 Å². The number of anilines is 1. The summed E-state index contributed by atoms with van der Waals surface area (Å²) in [5, 5.41) is 5.73. The summed E-state index contributed by atoms with van der Waals surface area (Å²) in [5.41, 5.74) is 1.94. The molecule has 0 saturated carbocycles. The number of nitrogens with zero attached hydrogens (tertiary/aromatic N) is 1. The number of aliphatic imine (C=N–C) groups is 1. The largest absolute Gasteiger partial charge is 0.462 e. The topological polar surface area (TPSA) is 79.8 Å². The summed E-state index contributed by atoms with van der Waals surface area (Å²) in [6, 6.07) is 12.4. The highest BCUT2D eigenvalue weighted by molar-refractivity contribution is 6.25. The van der Waals surface area contributed by atoms with Gasteiger partial charge in [0.1, 0.15) is 17.2 Å². The van der Waals surface area contributed by atoms with E-state index < -0.39 is 17.7 Å². The Hall–Kier alpha value is -3.48. The number of amidine groups is 1. The van der Waals surface area contributed by atoms with Gasteiger partial charge in [0.2, 0.25) is 0 Å². The van der Waals surface area contributed by atoms with Crippen molar-refractivity contribution in [3.63, 3.8) is 0 Å². The van der Waals surface area contributed by atoms with E-state index in [-0.39, 0.29) is 23.6 Å². The number of ether oxygens (including phenoxy) is 1. The SMILES string of the molecule is CCOC(=O)C1=C(C)Nc2ccccc2N=C1NC(=O)c1cccc(F)c1. The molecule has 3 rings (SSSR count). The normalized spacial score (nSPS) is 13.1. The molecule has 0 aliphatic carbocycles. The average Bonchev–Trinajstić information content (AvgIpc) is 2.77. The molecule has 138 valence electrons. The zero-order valence-electron chi connectivity index (χ0n) is 14.9. The fourth-order valence-corrected chi connectivity index (χ4v) is 2.65. The Balaban J connectivity index is 2.04. The first-order chi connectivity index (χ1) is 13.0. The van der Waals surface area contributed by atoms with Crippen LogP contribution in [0.1, 0.15) is 24.2 Å². The molecule has 1 aliphatic rings. The molecule has 0 bridgehead atoms. The van der Waals surface area contributed by atoms with Crippen molar-refractivity contribution < 1.29 is 18.7 Å². The molecule has 0 radical (unpaired) electrons. The fourth-order valence-electron chi connectivity index (χ4n) is 2.65. The lowest BCUT2D eigenvalue weighted by Gasteiger charge is -2.13. The van der Waals surface area contributed by atoms with Crippen molar-refractivity contribution >= 4 is 29.1 Å². The van der Waals surface area contributed by atoms with Crippen LogP contribution in [0, 0.1) is 5.82 Å². The molecule has 1 amide bonds. The van der Waals surface area contributed by atoms with Gasteiger partial charge in [-0.15, -0.1) is 0 Å². The van der Waals surface area contributed by atoms with Gasteiger partial charge in [0, 0.05) is 11.3 Å². The number of rotatable bonds is 3. The highest BCUT2D eigenvalue weighted by Gasteiger charge is 2.26. The molecule has 0 fully saturated rings. The molecule has 7 heteroatoms. The molecule has 1 aliphatic heterocycles. The number of amides is 1. The van der Waals surface area contributed by atoms with Gasteiger partial charge in [-0.25, -0.2) is 14.2 Å². The number of nitrogens with one attached hydrogen (secondary N) is 2. The van der Waals surface area contributed by atoms with Crippen LogP contribution in [-0.2, 0) is 9.53 Å². The molecule has 0 spiro atoms. The first kappa shape index (κ1) is 18.3. The first-order valence-electron chi connectivity index (χ1n) is 8.39. The van der Waals surface area contributed by atoms with Crippen LogP contribution < -0.4 is 10.6 Å². The predicted molar refractivity (Wildman–Crippen MR) is 100 cm³/mol. The minimum absolute atomic E-state index is 0.0395. The van der Waals surface area contributed by atoms with Crippen molar-refractivity contribution in [2.75, 3.05) is 11.9 Å². The number of fused-ring (bicyclic) bond motifs is 1. The second kappa shape index (κ2) is 7.82. The molecule has 2 aromatic rings. The number of hydrogen-bond donors (Lipinski definition) is 2. The predicted octanol–water partition coefficient (Wildman–Crippen LogP) is 3.55. The lowest BCUT2D eigenvalue weighted by Crippen LogP contribution is -2.35. The van der Waals surface area contributed by atoms with Gasteiger partial charge < -0.3 is 15.4 Å². The van der Waals surface area contributed by atoms with Crippen LogP contribution in [-0.4, -0.2) is 24.3 Å². The van der Waals surface area contributed by atoms with Crippen molar-refractivity contribution in [3.8, 4) is 0 Å². The summed E-state index contributed by atoms with van der Waals surface area (Å²) in [6.45, 7) is 3.56. The zero-order chi connectivity index (χ0) is 19.4. The van der Waals surface area contributed by atoms with E-state index in [1.54, 1.807) is 26.0 Å². The van der Waals surface area contributed by atoms with E-state index in [9.17, 15) is 14.0 Å². The van der Waals surface area contributed by atoms with Gasteiger partial charge in [-0.3, -0.25) is 4.79 Å². The quantitative estimate of drug-likeness (QED) is 0.813. The number of allylic oxidation sites excluding steroid dienone is 1. The van der Waals surface area contributed by atoms with E-state index in [0.717, 1.165) is 6.07 Å². The average molecular weight is 367 g/mol. The Bertz CT molecular complexity index is 966. The van der Waals surface area contributed by atoms with Crippen LogP contribution in [0.2, 0.25) is 0 Å². The monoisotopic (exact) mass is 367 g/mol. The minimum atomic E-state index is -0.617. The Morgan fingerprint density at radius 3 is 2.70 bits per heavy atom. The van der Waals surface area contributed by atoms with E-state index in [1.165, 1.54) is 18.2 Å². The van der Waals surface area contributed by atoms with E-state index in [0.29, 0.717) is 17.1 Å². The van der Waals surface area contributed by atoms with Crippen LogP contribution in [0.3, 0.4) is 0 Å². The van der Waals surface area contributed by atoms with Crippen LogP contribution in [0.4, 0.5) is 15.8 Å². The molecule has 6 nitrogen and oxygen atoms in total. The summed E-state index contributed by atoms with van der Waals surface area (Å²) < 4.78 is 18.5. The molecular weight excluding hydrogens is 349 g/mol. The highest BCUT2D eigenvalue weighted by atomic mass is 19.1. The second-order valence-electron chi connectivity index (χ2n) is 5.79. The standard InChI is InChI=1S/C20H18FN3O3/c1-3-27-20(26)17-12(2)22-15-9-4-5-10-16(15)23-18(17)24-19(25)13-7-6-8-14(21)11-13/h4-11,22H,3H2,1-2H3,(H,23,24,25). The molecule has 0 atom stereocenters. The Labute approximate surface area is 155 Å². The van der Waals surface area contributed by atoms with Gasteiger partial charge in [0.25, 0.3) is 5.91 Å². The van der Waals surface area contributed by atoms with Gasteiger partial charge >= 0.3 is 5.97 Å². The Morgan fingerprint density at radius 2 is 1.96 bits per heavy atom. The Morgan fingerprint density at radius 1 is 1.19 bits per heavy atom. The number of hydrogen-bond acceptors (Lipinski definition) is 5. The van der Waals surface area contributed by atoms with Crippen molar-refractivity contribution in [2.45, 2.75) is 13.8 Å². The van der Waals surface area contributed by atoms with Crippen molar-refractivity contribution in [1.82, 2.24) is 5.32 Å². The van der Waals surface area contributed by atoms with E-state index in [1.807, 2.05) is 12.1 Å². The summed E-state index contributed by atoms with van der Waals surface area (Å²) in [4.78, 5) is 29.5. The number of esters is 1. The number of carbonyl (C=O) groups is 2. The fraction of sp³-hybridized carbons (Fsp3) is 0.150. The summed E-state index contributed by atoms with van der Waals surface area (Å²) in [5.74, 6) is -1.69.